The molecule has 8 nitrogen and oxygen atoms in total. The van der Waals surface area contributed by atoms with Gasteiger partial charge in [-0.1, -0.05) is 23.7 Å². The lowest BCUT2D eigenvalue weighted by atomic mass is 10.0. The topological polar surface area (TPSA) is 99.0 Å². The fourth-order valence-corrected chi connectivity index (χ4v) is 3.87. The average molecular weight is 464 g/mol. The Hall–Kier alpha value is -3.78. The Kier molecular flexibility index (Phi) is 6.11. The maximum atomic E-state index is 13.2. The molecule has 1 N–H and O–H groups in total. The number of pyridine rings is 2. The number of methoxy groups -OCH3 is 1. The van der Waals surface area contributed by atoms with Crippen LogP contribution in [0.1, 0.15) is 34.6 Å². The lowest BCUT2D eigenvalue weighted by Crippen LogP contribution is -2.22. The Labute approximate surface area is 195 Å². The number of hydrogen-bond donors (Lipinski definition) is 1. The number of nitrogens with zero attached hydrogens (tertiary/aromatic N) is 4. The SMILES string of the molecule is COC(=O)c1nc(Cl)ccc1N[C@H](C)c1cc(C)cc2c(=O)n(C)c(-c3ccccn3)nc12. The molecule has 0 aliphatic heterocycles. The summed E-state index contributed by atoms with van der Waals surface area (Å²) in [5.41, 5.74) is 3.24. The van der Waals surface area contributed by atoms with Crippen molar-refractivity contribution in [1.29, 1.82) is 0 Å². The zero-order valence-electron chi connectivity index (χ0n) is 18.6. The van der Waals surface area contributed by atoms with Crippen molar-refractivity contribution in [3.05, 3.63) is 81.0 Å². The van der Waals surface area contributed by atoms with Gasteiger partial charge in [-0.05, 0) is 49.7 Å². The lowest BCUT2D eigenvalue weighted by Gasteiger charge is -2.20. The highest BCUT2D eigenvalue weighted by atomic mass is 35.5. The van der Waals surface area contributed by atoms with Crippen molar-refractivity contribution in [2.24, 2.45) is 7.05 Å². The fourth-order valence-electron chi connectivity index (χ4n) is 3.72. The molecule has 0 aliphatic carbocycles. The maximum absolute atomic E-state index is 13.2. The van der Waals surface area contributed by atoms with Crippen LogP contribution in [0.5, 0.6) is 0 Å². The van der Waals surface area contributed by atoms with Crippen molar-refractivity contribution in [1.82, 2.24) is 19.5 Å². The molecule has 0 bridgehead atoms. The number of nitrogens with one attached hydrogen (secondary N) is 1. The highest BCUT2D eigenvalue weighted by molar-refractivity contribution is 6.29. The van der Waals surface area contributed by atoms with E-state index in [9.17, 15) is 9.59 Å². The predicted molar refractivity (Wildman–Crippen MR) is 128 cm³/mol. The molecule has 0 radical (unpaired) electrons. The molecule has 0 saturated heterocycles. The van der Waals surface area contributed by atoms with Crippen LogP contribution >= 0.6 is 11.6 Å². The highest BCUT2D eigenvalue weighted by Gasteiger charge is 2.20. The summed E-state index contributed by atoms with van der Waals surface area (Å²) in [4.78, 5) is 38.7. The molecule has 3 heterocycles. The molecule has 168 valence electrons. The highest BCUT2D eigenvalue weighted by Crippen LogP contribution is 2.29. The molecule has 0 amide bonds. The van der Waals surface area contributed by atoms with Gasteiger partial charge in [-0.25, -0.2) is 14.8 Å². The number of aromatic nitrogens is 4. The van der Waals surface area contributed by atoms with Crippen LogP contribution in [0.2, 0.25) is 5.15 Å². The number of esters is 1. The van der Waals surface area contributed by atoms with Gasteiger partial charge in [-0.15, -0.1) is 0 Å². The molecule has 4 rings (SSSR count). The van der Waals surface area contributed by atoms with E-state index in [-0.39, 0.29) is 22.4 Å². The van der Waals surface area contributed by atoms with Gasteiger partial charge in [0.05, 0.1) is 29.7 Å². The van der Waals surface area contributed by atoms with Gasteiger partial charge in [-0.2, -0.15) is 0 Å². The third kappa shape index (κ3) is 4.29. The lowest BCUT2D eigenvalue weighted by molar-refractivity contribution is 0.0595. The second kappa shape index (κ2) is 8.99. The Morgan fingerprint density at radius 3 is 2.67 bits per heavy atom. The number of rotatable bonds is 5. The smallest absolute Gasteiger partial charge is 0.358 e. The molecule has 0 unspecified atom stereocenters. The van der Waals surface area contributed by atoms with E-state index in [1.54, 1.807) is 25.4 Å². The number of carbonyl (C=O) groups is 1. The van der Waals surface area contributed by atoms with Crippen molar-refractivity contribution in [3.63, 3.8) is 0 Å². The van der Waals surface area contributed by atoms with Crippen molar-refractivity contribution < 1.29 is 9.53 Å². The number of hydrogen-bond acceptors (Lipinski definition) is 7. The zero-order valence-corrected chi connectivity index (χ0v) is 19.3. The molecular weight excluding hydrogens is 442 g/mol. The standard InChI is InChI=1S/C24H22ClN5O3/c1-13-11-15(14(2)27-17-8-9-19(25)28-21(17)24(32)33-4)20-16(12-13)23(31)30(3)22(29-20)18-7-5-6-10-26-18/h5-12,14,27H,1-4H3/t14-/m1/s1. The first-order valence-corrected chi connectivity index (χ1v) is 10.6. The molecule has 1 atom stereocenters. The molecule has 33 heavy (non-hydrogen) atoms. The number of benzene rings is 1. The summed E-state index contributed by atoms with van der Waals surface area (Å²) in [5.74, 6) is -0.139. The third-order valence-corrected chi connectivity index (χ3v) is 5.54. The van der Waals surface area contributed by atoms with Gasteiger partial charge in [-0.3, -0.25) is 14.3 Å². The molecule has 0 fully saturated rings. The van der Waals surface area contributed by atoms with Gasteiger partial charge >= 0.3 is 5.97 Å². The van der Waals surface area contributed by atoms with E-state index in [1.165, 1.54) is 11.7 Å². The molecule has 1 aromatic carbocycles. The Balaban J connectivity index is 1.87. The van der Waals surface area contributed by atoms with Crippen LogP contribution in [0, 0.1) is 6.92 Å². The summed E-state index contributed by atoms with van der Waals surface area (Å²) in [6.07, 6.45) is 1.66. The maximum Gasteiger partial charge on any atom is 0.358 e. The summed E-state index contributed by atoms with van der Waals surface area (Å²) >= 11 is 5.98. The minimum absolute atomic E-state index is 0.0758. The van der Waals surface area contributed by atoms with Crippen LogP contribution in [-0.2, 0) is 11.8 Å². The van der Waals surface area contributed by atoms with Crippen LogP contribution in [0.25, 0.3) is 22.4 Å². The Morgan fingerprint density at radius 2 is 1.97 bits per heavy atom. The monoisotopic (exact) mass is 463 g/mol. The van der Waals surface area contributed by atoms with E-state index >= 15 is 0 Å². The first kappa shape index (κ1) is 22.4. The van der Waals surface area contributed by atoms with Gasteiger partial charge in [0.2, 0.25) is 0 Å². The molecular formula is C24H22ClN5O3. The van der Waals surface area contributed by atoms with Crippen molar-refractivity contribution in [3.8, 4) is 11.5 Å². The summed E-state index contributed by atoms with van der Waals surface area (Å²) in [5, 5.41) is 3.98. The number of aryl methyl sites for hydroxylation is 1. The van der Waals surface area contributed by atoms with Gasteiger partial charge in [0.15, 0.2) is 11.5 Å². The molecule has 0 spiro atoms. The van der Waals surface area contributed by atoms with Crippen molar-refractivity contribution >= 4 is 34.2 Å². The van der Waals surface area contributed by atoms with Crippen molar-refractivity contribution in [2.75, 3.05) is 12.4 Å². The van der Waals surface area contributed by atoms with Crippen LogP contribution in [0.3, 0.4) is 0 Å². The molecule has 4 aromatic rings. The van der Waals surface area contributed by atoms with E-state index < -0.39 is 5.97 Å². The minimum atomic E-state index is -0.606. The largest absolute Gasteiger partial charge is 0.464 e. The van der Waals surface area contributed by atoms with E-state index in [2.05, 4.69) is 15.3 Å². The second-order valence-corrected chi connectivity index (χ2v) is 8.04. The Morgan fingerprint density at radius 1 is 1.18 bits per heavy atom. The van der Waals surface area contributed by atoms with Crippen LogP contribution in [0.15, 0.2) is 53.5 Å². The van der Waals surface area contributed by atoms with Crippen LogP contribution in [-0.4, -0.2) is 32.6 Å². The summed E-state index contributed by atoms with van der Waals surface area (Å²) < 4.78 is 6.34. The van der Waals surface area contributed by atoms with Gasteiger partial charge < -0.3 is 10.1 Å². The fraction of sp³-hybridized carbons (Fsp3) is 0.208. The van der Waals surface area contributed by atoms with E-state index in [1.807, 2.05) is 44.2 Å². The molecule has 3 aromatic heterocycles. The van der Waals surface area contributed by atoms with E-state index in [0.717, 1.165) is 11.1 Å². The van der Waals surface area contributed by atoms with Gasteiger partial charge in [0.25, 0.3) is 5.56 Å². The van der Waals surface area contributed by atoms with Crippen LogP contribution in [0.4, 0.5) is 5.69 Å². The average Bonchev–Trinajstić information content (AvgIpc) is 2.82. The second-order valence-electron chi connectivity index (χ2n) is 7.65. The van der Waals surface area contributed by atoms with Crippen LogP contribution < -0.4 is 10.9 Å². The summed E-state index contributed by atoms with van der Waals surface area (Å²) in [6, 6.07) is 12.2. The van der Waals surface area contributed by atoms with Crippen molar-refractivity contribution in [2.45, 2.75) is 19.9 Å². The van der Waals surface area contributed by atoms with E-state index in [4.69, 9.17) is 21.3 Å². The number of carbonyl (C=O) groups excluding carboxylic acids is 1. The molecule has 0 saturated carbocycles. The predicted octanol–water partition coefficient (Wildman–Crippen LogP) is 4.31. The van der Waals surface area contributed by atoms with E-state index in [0.29, 0.717) is 28.1 Å². The summed E-state index contributed by atoms with van der Waals surface area (Å²) in [6.45, 7) is 3.84. The van der Waals surface area contributed by atoms with Gasteiger partial charge in [0, 0.05) is 18.8 Å². The first-order valence-electron chi connectivity index (χ1n) is 10.2. The third-order valence-electron chi connectivity index (χ3n) is 5.33. The molecule has 9 heteroatoms. The summed E-state index contributed by atoms with van der Waals surface area (Å²) in [7, 11) is 2.97. The number of anilines is 1. The number of ether oxygens (including phenoxy) is 1. The normalized spacial score (nSPS) is 11.9. The van der Waals surface area contributed by atoms with Gasteiger partial charge in [0.1, 0.15) is 10.8 Å². The number of halogens is 1. The number of fused-ring (bicyclic) bond motifs is 1. The first-order chi connectivity index (χ1) is 15.8. The zero-order chi connectivity index (χ0) is 23.7. The molecule has 0 aliphatic rings. The minimum Gasteiger partial charge on any atom is -0.464 e. The quantitative estimate of drug-likeness (QED) is 0.347. The Bertz CT molecular complexity index is 1420.